The van der Waals surface area contributed by atoms with E-state index in [0.717, 1.165) is 28.8 Å². The Labute approximate surface area is 165 Å². The number of nitrogens with zero attached hydrogens (tertiary/aromatic N) is 1. The summed E-state index contributed by atoms with van der Waals surface area (Å²) in [5.74, 6) is 0.830. The molecular weight excluding hydrogens is 350 g/mol. The summed E-state index contributed by atoms with van der Waals surface area (Å²) in [6.07, 6.45) is 1.27. The van der Waals surface area contributed by atoms with Crippen molar-refractivity contribution >= 4 is 22.7 Å². The lowest BCUT2D eigenvalue weighted by molar-refractivity contribution is -0.122. The first kappa shape index (κ1) is 19.8. The zero-order valence-electron chi connectivity index (χ0n) is 16.7. The fourth-order valence-electron chi connectivity index (χ4n) is 3.19. The molecule has 146 valence electrons. The number of fused-ring (bicyclic) bond motifs is 1. The van der Waals surface area contributed by atoms with Gasteiger partial charge in [0.05, 0.1) is 17.1 Å². The van der Waals surface area contributed by atoms with E-state index in [1.165, 1.54) is 0 Å². The third-order valence-corrected chi connectivity index (χ3v) is 5.18. The molecule has 2 atom stereocenters. The third-order valence-electron chi connectivity index (χ3n) is 5.18. The average Bonchev–Trinajstić information content (AvgIpc) is 3.14. The quantitative estimate of drug-likeness (QED) is 0.557. The summed E-state index contributed by atoms with van der Waals surface area (Å²) in [7, 11) is 0. The smallest absolute Gasteiger partial charge is 0.221 e. The van der Waals surface area contributed by atoms with Crippen LogP contribution in [0.3, 0.4) is 0 Å². The number of carbonyl (C=O) groups excluding carboxylic acids is 2. The van der Waals surface area contributed by atoms with E-state index in [1.807, 2.05) is 55.5 Å². The Morgan fingerprint density at radius 3 is 2.46 bits per heavy atom. The van der Waals surface area contributed by atoms with Gasteiger partial charge >= 0.3 is 0 Å². The molecule has 2 unspecified atom stereocenters. The monoisotopic (exact) mass is 377 g/mol. The molecule has 5 heteroatoms. The summed E-state index contributed by atoms with van der Waals surface area (Å²) >= 11 is 0. The lowest BCUT2D eigenvalue weighted by Gasteiger charge is -2.22. The molecular formula is C23H27N3O2. The van der Waals surface area contributed by atoms with E-state index in [0.29, 0.717) is 5.56 Å². The maximum Gasteiger partial charge on any atom is 0.221 e. The van der Waals surface area contributed by atoms with Crippen LogP contribution in [0.1, 0.15) is 60.9 Å². The number of Topliss-reactive ketones (excluding diaryl/α,β-unsaturated/α-hetero) is 1. The van der Waals surface area contributed by atoms with Crippen molar-refractivity contribution < 1.29 is 9.59 Å². The Morgan fingerprint density at radius 2 is 1.79 bits per heavy atom. The summed E-state index contributed by atoms with van der Waals surface area (Å²) in [6, 6.07) is 15.1. The van der Waals surface area contributed by atoms with Gasteiger partial charge in [-0.05, 0) is 25.0 Å². The van der Waals surface area contributed by atoms with Gasteiger partial charge in [-0.1, -0.05) is 62.2 Å². The van der Waals surface area contributed by atoms with Crippen molar-refractivity contribution in [2.45, 2.75) is 46.1 Å². The minimum Gasteiger partial charge on any atom is -0.346 e. The zero-order chi connectivity index (χ0) is 20.1. The van der Waals surface area contributed by atoms with Crippen molar-refractivity contribution in [2.24, 2.45) is 5.92 Å². The van der Waals surface area contributed by atoms with Crippen molar-refractivity contribution in [3.63, 3.8) is 0 Å². The fourth-order valence-corrected chi connectivity index (χ4v) is 3.19. The van der Waals surface area contributed by atoms with Crippen molar-refractivity contribution in [2.75, 3.05) is 0 Å². The standard InChI is InChI=1S/C23H27N3O2/c1-4-16(3)22(23-24-18-7-5-6-8-19(18)25-23)26-21(28)14-13-20(27)17-11-9-15(2)10-12-17/h5-12,16,22H,4,13-14H2,1-3H3,(H,24,25)(H,26,28). The lowest BCUT2D eigenvalue weighted by atomic mass is 9.98. The molecule has 2 N–H and O–H groups in total. The molecule has 0 fully saturated rings. The molecule has 0 aliphatic heterocycles. The fraction of sp³-hybridized carbons (Fsp3) is 0.348. The maximum atomic E-state index is 12.5. The SMILES string of the molecule is CCC(C)C(NC(=O)CCC(=O)c1ccc(C)cc1)c1nc2ccccc2[nH]1. The van der Waals surface area contributed by atoms with Crippen LogP contribution in [0.4, 0.5) is 0 Å². The number of rotatable bonds is 8. The number of ketones is 1. The molecule has 0 radical (unpaired) electrons. The van der Waals surface area contributed by atoms with Gasteiger partial charge in [0.2, 0.25) is 5.91 Å². The molecule has 3 aromatic rings. The van der Waals surface area contributed by atoms with Gasteiger partial charge in [0, 0.05) is 18.4 Å². The molecule has 2 aromatic carbocycles. The number of carbonyl (C=O) groups is 2. The van der Waals surface area contributed by atoms with Crippen LogP contribution in [0.15, 0.2) is 48.5 Å². The highest BCUT2D eigenvalue weighted by Crippen LogP contribution is 2.24. The Kier molecular flexibility index (Phi) is 6.24. The van der Waals surface area contributed by atoms with Crippen LogP contribution in [-0.2, 0) is 4.79 Å². The predicted octanol–water partition coefficient (Wildman–Crippen LogP) is 4.74. The van der Waals surface area contributed by atoms with Gasteiger partial charge in [0.1, 0.15) is 5.82 Å². The number of imidazole rings is 1. The molecule has 1 aromatic heterocycles. The van der Waals surface area contributed by atoms with E-state index in [4.69, 9.17) is 0 Å². The molecule has 0 bridgehead atoms. The molecule has 0 saturated heterocycles. The third kappa shape index (κ3) is 4.66. The molecule has 1 heterocycles. The summed E-state index contributed by atoms with van der Waals surface area (Å²) < 4.78 is 0. The summed E-state index contributed by atoms with van der Waals surface area (Å²) in [4.78, 5) is 32.8. The molecule has 0 spiro atoms. The van der Waals surface area contributed by atoms with Crippen molar-refractivity contribution in [3.05, 3.63) is 65.5 Å². The Morgan fingerprint density at radius 1 is 1.07 bits per heavy atom. The molecule has 0 aliphatic carbocycles. The average molecular weight is 377 g/mol. The van der Waals surface area contributed by atoms with Crippen LogP contribution >= 0.6 is 0 Å². The number of H-pyrrole nitrogens is 1. The number of para-hydroxylation sites is 2. The number of hydrogen-bond donors (Lipinski definition) is 2. The van der Waals surface area contributed by atoms with Crippen LogP contribution in [0.2, 0.25) is 0 Å². The first-order valence-corrected chi connectivity index (χ1v) is 9.81. The van der Waals surface area contributed by atoms with Crippen LogP contribution < -0.4 is 5.32 Å². The van der Waals surface area contributed by atoms with Gasteiger partial charge in [-0.15, -0.1) is 0 Å². The van der Waals surface area contributed by atoms with E-state index in [1.54, 1.807) is 0 Å². The second-order valence-electron chi connectivity index (χ2n) is 7.36. The minimum atomic E-state index is -0.209. The van der Waals surface area contributed by atoms with E-state index < -0.39 is 0 Å². The highest BCUT2D eigenvalue weighted by molar-refractivity contribution is 5.98. The molecule has 3 rings (SSSR count). The van der Waals surface area contributed by atoms with Gasteiger partial charge < -0.3 is 10.3 Å². The van der Waals surface area contributed by atoms with Gasteiger partial charge in [0.25, 0.3) is 0 Å². The molecule has 28 heavy (non-hydrogen) atoms. The Bertz CT molecular complexity index is 926. The minimum absolute atomic E-state index is 0.0148. The van der Waals surface area contributed by atoms with E-state index in [2.05, 4.69) is 29.1 Å². The second kappa shape index (κ2) is 8.83. The highest BCUT2D eigenvalue weighted by Gasteiger charge is 2.23. The van der Waals surface area contributed by atoms with Crippen molar-refractivity contribution in [1.82, 2.24) is 15.3 Å². The number of aromatic amines is 1. The van der Waals surface area contributed by atoms with Crippen LogP contribution in [0.25, 0.3) is 11.0 Å². The summed E-state index contributed by atoms with van der Waals surface area (Å²) in [5, 5.41) is 3.08. The van der Waals surface area contributed by atoms with Crippen molar-refractivity contribution in [1.29, 1.82) is 0 Å². The van der Waals surface area contributed by atoms with Crippen molar-refractivity contribution in [3.8, 4) is 0 Å². The second-order valence-corrected chi connectivity index (χ2v) is 7.36. The van der Waals surface area contributed by atoms with Crippen LogP contribution in [0, 0.1) is 12.8 Å². The number of nitrogens with one attached hydrogen (secondary N) is 2. The van der Waals surface area contributed by atoms with Gasteiger partial charge in [0.15, 0.2) is 5.78 Å². The summed E-state index contributed by atoms with van der Waals surface area (Å²) in [5.41, 5.74) is 3.59. The molecule has 1 amide bonds. The number of benzene rings is 2. The number of amides is 1. The number of hydrogen-bond acceptors (Lipinski definition) is 3. The first-order valence-electron chi connectivity index (χ1n) is 9.81. The first-order chi connectivity index (χ1) is 13.5. The maximum absolute atomic E-state index is 12.5. The number of aryl methyl sites for hydroxylation is 1. The Balaban J connectivity index is 1.66. The normalized spacial score (nSPS) is 13.2. The van der Waals surface area contributed by atoms with Gasteiger partial charge in [-0.3, -0.25) is 9.59 Å². The van der Waals surface area contributed by atoms with Gasteiger partial charge in [-0.25, -0.2) is 4.98 Å². The molecule has 5 nitrogen and oxygen atoms in total. The zero-order valence-corrected chi connectivity index (χ0v) is 16.7. The van der Waals surface area contributed by atoms with E-state index >= 15 is 0 Å². The predicted molar refractivity (Wildman–Crippen MR) is 111 cm³/mol. The molecule has 0 aliphatic rings. The highest BCUT2D eigenvalue weighted by atomic mass is 16.2. The molecule has 0 saturated carbocycles. The topological polar surface area (TPSA) is 74.8 Å². The summed E-state index contributed by atoms with van der Waals surface area (Å²) in [6.45, 7) is 6.16. The van der Waals surface area contributed by atoms with Crippen LogP contribution in [-0.4, -0.2) is 21.7 Å². The van der Waals surface area contributed by atoms with Gasteiger partial charge in [-0.2, -0.15) is 0 Å². The van der Waals surface area contributed by atoms with E-state index in [9.17, 15) is 9.59 Å². The van der Waals surface area contributed by atoms with E-state index in [-0.39, 0.29) is 36.5 Å². The number of aromatic nitrogens is 2. The lowest BCUT2D eigenvalue weighted by Crippen LogP contribution is -2.33. The van der Waals surface area contributed by atoms with Crippen LogP contribution in [0.5, 0.6) is 0 Å². The Hall–Kier alpha value is -2.95. The largest absolute Gasteiger partial charge is 0.346 e.